The minimum Gasteiger partial charge on any atom is -0.352 e. The third-order valence-electron chi connectivity index (χ3n) is 5.16. The summed E-state index contributed by atoms with van der Waals surface area (Å²) in [5, 5.41) is 3.01. The van der Waals surface area contributed by atoms with Gasteiger partial charge in [-0.15, -0.1) is 0 Å². The Balaban J connectivity index is 1.41. The van der Waals surface area contributed by atoms with Crippen LogP contribution in [0.4, 0.5) is 0 Å². The molecular formula is C25H24BrN3O. The molecule has 4 nitrogen and oxygen atoms in total. The maximum atomic E-state index is 12.4. The molecule has 0 radical (unpaired) electrons. The van der Waals surface area contributed by atoms with Gasteiger partial charge in [0.2, 0.25) is 0 Å². The fourth-order valence-electron chi connectivity index (χ4n) is 3.64. The molecule has 0 aliphatic rings. The van der Waals surface area contributed by atoms with Crippen molar-refractivity contribution in [3.05, 3.63) is 100 Å². The molecule has 4 aromatic rings. The fourth-order valence-corrected chi connectivity index (χ4v) is 3.91. The number of aromatic nitrogens is 2. The summed E-state index contributed by atoms with van der Waals surface area (Å²) in [5.74, 6) is 0.953. The van der Waals surface area contributed by atoms with Crippen molar-refractivity contribution in [2.45, 2.75) is 25.8 Å². The largest absolute Gasteiger partial charge is 0.352 e. The summed E-state index contributed by atoms with van der Waals surface area (Å²) in [6.45, 7) is 1.46. The summed E-state index contributed by atoms with van der Waals surface area (Å²) in [4.78, 5) is 17.2. The molecule has 1 heterocycles. The smallest absolute Gasteiger partial charge is 0.251 e. The number of halogens is 1. The number of imidazole rings is 1. The molecule has 0 bridgehead atoms. The molecule has 0 fully saturated rings. The molecule has 1 aromatic heterocycles. The summed E-state index contributed by atoms with van der Waals surface area (Å²) in [6, 6.07) is 26.2. The molecule has 152 valence electrons. The second-order valence-corrected chi connectivity index (χ2v) is 8.19. The van der Waals surface area contributed by atoms with Gasteiger partial charge in [0.1, 0.15) is 5.82 Å². The van der Waals surface area contributed by atoms with Gasteiger partial charge in [0.05, 0.1) is 11.0 Å². The second-order valence-electron chi connectivity index (χ2n) is 7.27. The molecule has 0 saturated carbocycles. The highest BCUT2D eigenvalue weighted by molar-refractivity contribution is 9.10. The number of nitrogens with one attached hydrogen (secondary N) is 1. The van der Waals surface area contributed by atoms with Crippen LogP contribution in [-0.2, 0) is 19.4 Å². The van der Waals surface area contributed by atoms with Crippen LogP contribution in [0.1, 0.15) is 28.2 Å². The minimum atomic E-state index is -0.0609. The highest BCUT2D eigenvalue weighted by Crippen LogP contribution is 2.18. The number of amides is 1. The molecule has 0 saturated heterocycles. The van der Waals surface area contributed by atoms with Gasteiger partial charge < -0.3 is 9.88 Å². The lowest BCUT2D eigenvalue weighted by Crippen LogP contribution is -2.26. The van der Waals surface area contributed by atoms with Gasteiger partial charge in [-0.2, -0.15) is 0 Å². The molecule has 1 N–H and O–H groups in total. The fraction of sp³-hybridized carbons (Fsp3) is 0.200. The molecule has 5 heteroatoms. The molecule has 1 amide bonds. The van der Waals surface area contributed by atoms with Crippen LogP contribution in [-0.4, -0.2) is 22.0 Å². The van der Waals surface area contributed by atoms with E-state index in [-0.39, 0.29) is 5.91 Å². The van der Waals surface area contributed by atoms with Crippen LogP contribution >= 0.6 is 15.9 Å². The highest BCUT2D eigenvalue weighted by Gasteiger charge is 2.11. The molecule has 4 rings (SSSR count). The summed E-state index contributed by atoms with van der Waals surface area (Å²) >= 11 is 3.40. The third kappa shape index (κ3) is 4.97. The first-order chi connectivity index (χ1) is 14.7. The molecule has 0 aliphatic carbocycles. The molecule has 0 unspecified atom stereocenters. The van der Waals surface area contributed by atoms with E-state index in [1.807, 2.05) is 42.5 Å². The van der Waals surface area contributed by atoms with Gasteiger partial charge >= 0.3 is 0 Å². The van der Waals surface area contributed by atoms with E-state index in [0.29, 0.717) is 18.5 Å². The van der Waals surface area contributed by atoms with Crippen LogP contribution in [0, 0.1) is 0 Å². The summed E-state index contributed by atoms with van der Waals surface area (Å²) in [5.41, 5.74) is 4.17. The average molecular weight is 462 g/mol. The predicted octanol–water partition coefficient (Wildman–Crippen LogP) is 5.40. The maximum absolute atomic E-state index is 12.4. The summed E-state index contributed by atoms with van der Waals surface area (Å²) < 4.78 is 3.26. The number of fused-ring (bicyclic) bond motifs is 1. The van der Waals surface area contributed by atoms with Gasteiger partial charge in [0.15, 0.2) is 0 Å². The Kier molecular flexibility index (Phi) is 6.60. The van der Waals surface area contributed by atoms with E-state index in [1.54, 1.807) is 0 Å². The van der Waals surface area contributed by atoms with Gasteiger partial charge in [-0.3, -0.25) is 4.79 Å². The number of rotatable bonds is 8. The number of hydrogen-bond donors (Lipinski definition) is 1. The standard InChI is InChI=1S/C25H24BrN3O/c26-21-14-12-20(13-15-21)25(30)27-17-16-24-28-22-10-4-5-11-23(22)29(24)18-6-9-19-7-2-1-3-8-19/h1-5,7-8,10-15H,6,9,16-18H2,(H,27,30). The van der Waals surface area contributed by atoms with Crippen LogP contribution in [0.3, 0.4) is 0 Å². The number of carbonyl (C=O) groups excluding carboxylic acids is 1. The second kappa shape index (κ2) is 9.72. The summed E-state index contributed by atoms with van der Waals surface area (Å²) in [7, 11) is 0. The van der Waals surface area contributed by atoms with Gasteiger partial charge in [-0.05, 0) is 54.8 Å². The van der Waals surface area contributed by atoms with Gasteiger partial charge in [0, 0.05) is 29.5 Å². The Morgan fingerprint density at radius 1 is 0.900 bits per heavy atom. The number of benzene rings is 3. The Hall–Kier alpha value is -2.92. The lowest BCUT2D eigenvalue weighted by molar-refractivity contribution is 0.0954. The number of nitrogens with zero attached hydrogens (tertiary/aromatic N) is 2. The Labute approximate surface area is 185 Å². The van der Waals surface area contributed by atoms with Crippen molar-refractivity contribution in [2.24, 2.45) is 0 Å². The Morgan fingerprint density at radius 2 is 1.63 bits per heavy atom. The normalized spacial score (nSPS) is 11.0. The SMILES string of the molecule is O=C(NCCc1nc2ccccc2n1CCCc1ccccc1)c1ccc(Br)cc1. The molecule has 0 spiro atoms. The first-order valence-electron chi connectivity index (χ1n) is 10.2. The van der Waals surface area contributed by atoms with E-state index in [9.17, 15) is 4.79 Å². The zero-order chi connectivity index (χ0) is 20.8. The average Bonchev–Trinajstić information content (AvgIpc) is 3.12. The number of hydrogen-bond acceptors (Lipinski definition) is 2. The van der Waals surface area contributed by atoms with Gasteiger partial charge in [-0.1, -0.05) is 58.4 Å². The molecule has 0 aliphatic heterocycles. The number of carbonyl (C=O) groups is 1. The zero-order valence-electron chi connectivity index (χ0n) is 16.7. The Bertz CT molecular complexity index is 1120. The highest BCUT2D eigenvalue weighted by atomic mass is 79.9. The van der Waals surface area contributed by atoms with E-state index in [1.165, 1.54) is 5.56 Å². The van der Waals surface area contributed by atoms with Crippen molar-refractivity contribution in [1.29, 1.82) is 0 Å². The molecule has 3 aromatic carbocycles. The van der Waals surface area contributed by atoms with Crippen LogP contribution in [0.15, 0.2) is 83.3 Å². The zero-order valence-corrected chi connectivity index (χ0v) is 18.3. The van der Waals surface area contributed by atoms with Crippen LogP contribution in [0.25, 0.3) is 11.0 Å². The third-order valence-corrected chi connectivity index (χ3v) is 5.69. The predicted molar refractivity (Wildman–Crippen MR) is 125 cm³/mol. The van der Waals surface area contributed by atoms with Crippen LogP contribution < -0.4 is 5.32 Å². The van der Waals surface area contributed by atoms with Crippen molar-refractivity contribution < 1.29 is 4.79 Å². The van der Waals surface area contributed by atoms with Crippen LogP contribution in [0.5, 0.6) is 0 Å². The molecule has 30 heavy (non-hydrogen) atoms. The quantitative estimate of drug-likeness (QED) is 0.381. The number of aryl methyl sites for hydroxylation is 2. The summed E-state index contributed by atoms with van der Waals surface area (Å²) in [6.07, 6.45) is 2.78. The van der Waals surface area contributed by atoms with Crippen molar-refractivity contribution in [2.75, 3.05) is 6.54 Å². The maximum Gasteiger partial charge on any atom is 0.251 e. The molecule has 0 atom stereocenters. The molecular weight excluding hydrogens is 438 g/mol. The van der Waals surface area contributed by atoms with Crippen molar-refractivity contribution >= 4 is 32.9 Å². The Morgan fingerprint density at radius 3 is 2.43 bits per heavy atom. The van der Waals surface area contributed by atoms with E-state index >= 15 is 0 Å². The first-order valence-corrected chi connectivity index (χ1v) is 11.0. The van der Waals surface area contributed by atoms with E-state index in [4.69, 9.17) is 4.98 Å². The topological polar surface area (TPSA) is 46.9 Å². The first kappa shape index (κ1) is 20.4. The van der Waals surface area contributed by atoms with Gasteiger partial charge in [-0.25, -0.2) is 4.98 Å². The van der Waals surface area contributed by atoms with Gasteiger partial charge in [0.25, 0.3) is 5.91 Å². The lowest BCUT2D eigenvalue weighted by atomic mass is 10.1. The van der Waals surface area contributed by atoms with E-state index in [2.05, 4.69) is 62.2 Å². The van der Waals surface area contributed by atoms with E-state index in [0.717, 1.165) is 40.7 Å². The van der Waals surface area contributed by atoms with Crippen molar-refractivity contribution in [3.8, 4) is 0 Å². The van der Waals surface area contributed by atoms with Crippen LogP contribution in [0.2, 0.25) is 0 Å². The monoisotopic (exact) mass is 461 g/mol. The van der Waals surface area contributed by atoms with Crippen molar-refractivity contribution in [1.82, 2.24) is 14.9 Å². The van der Waals surface area contributed by atoms with Crippen molar-refractivity contribution in [3.63, 3.8) is 0 Å². The minimum absolute atomic E-state index is 0.0609. The number of para-hydroxylation sites is 2. The van der Waals surface area contributed by atoms with E-state index < -0.39 is 0 Å². The lowest BCUT2D eigenvalue weighted by Gasteiger charge is -2.10.